The van der Waals surface area contributed by atoms with E-state index in [-0.39, 0.29) is 24.1 Å². The largest absolute Gasteiger partial charge is 0.461 e. The summed E-state index contributed by atoms with van der Waals surface area (Å²) in [5.74, 6) is -0.0722. The summed E-state index contributed by atoms with van der Waals surface area (Å²) in [5.41, 5.74) is 0. The summed E-state index contributed by atoms with van der Waals surface area (Å²) in [6.07, 6.45) is 1.79. The third-order valence-electron chi connectivity index (χ3n) is 2.43. The predicted octanol–water partition coefficient (Wildman–Crippen LogP) is 1.10. The zero-order chi connectivity index (χ0) is 9.14. The lowest BCUT2D eigenvalue weighted by atomic mass is 9.89. The van der Waals surface area contributed by atoms with Crippen molar-refractivity contribution in [2.45, 2.75) is 45.3 Å². The minimum absolute atomic E-state index is 0.0301. The second-order valence-electron chi connectivity index (χ2n) is 3.29. The van der Waals surface area contributed by atoms with Crippen molar-refractivity contribution in [3.63, 3.8) is 0 Å². The van der Waals surface area contributed by atoms with E-state index < -0.39 is 0 Å². The van der Waals surface area contributed by atoms with Gasteiger partial charge < -0.3 is 9.84 Å². The molecule has 0 amide bonds. The fourth-order valence-electron chi connectivity index (χ4n) is 1.47. The highest BCUT2D eigenvalue weighted by atomic mass is 16.6. The number of carbonyl (C=O) groups excluding carboxylic acids is 1. The van der Waals surface area contributed by atoms with Crippen LogP contribution in [0.4, 0.5) is 0 Å². The maximum Gasteiger partial charge on any atom is 0.313 e. The maximum absolute atomic E-state index is 10.8. The number of cyclic esters (lactones) is 1. The minimum atomic E-state index is -0.322. The van der Waals surface area contributed by atoms with Gasteiger partial charge in [-0.15, -0.1) is 0 Å². The van der Waals surface area contributed by atoms with Gasteiger partial charge in [0.15, 0.2) is 0 Å². The van der Waals surface area contributed by atoms with Crippen LogP contribution in [0.25, 0.3) is 0 Å². The Morgan fingerprint density at radius 1 is 1.58 bits per heavy atom. The topological polar surface area (TPSA) is 46.5 Å². The molecule has 1 heterocycles. The van der Waals surface area contributed by atoms with Crippen molar-refractivity contribution in [2.75, 3.05) is 0 Å². The first-order chi connectivity index (χ1) is 5.69. The average molecular weight is 172 g/mol. The van der Waals surface area contributed by atoms with E-state index >= 15 is 0 Å². The second kappa shape index (κ2) is 3.90. The molecule has 70 valence electrons. The Bertz CT molecular complexity index is 167. The maximum atomic E-state index is 10.8. The molecule has 1 aliphatic rings. The van der Waals surface area contributed by atoms with Crippen LogP contribution in [0, 0.1) is 5.92 Å². The summed E-state index contributed by atoms with van der Waals surface area (Å²) in [5, 5.41) is 9.30. The summed E-state index contributed by atoms with van der Waals surface area (Å²) in [6, 6.07) is 0. The number of ether oxygens (including phenoxy) is 1. The van der Waals surface area contributed by atoms with Crippen LogP contribution in [0.2, 0.25) is 0 Å². The van der Waals surface area contributed by atoms with Gasteiger partial charge in [-0.25, -0.2) is 0 Å². The number of carbonyl (C=O) groups is 1. The fraction of sp³-hybridized carbons (Fsp3) is 0.889. The molecule has 0 aromatic carbocycles. The van der Waals surface area contributed by atoms with Gasteiger partial charge in [-0.3, -0.25) is 4.79 Å². The summed E-state index contributed by atoms with van der Waals surface area (Å²) >= 11 is 0. The van der Waals surface area contributed by atoms with Gasteiger partial charge in [0.1, 0.15) is 6.10 Å². The molecule has 0 aromatic rings. The van der Waals surface area contributed by atoms with Gasteiger partial charge >= 0.3 is 5.97 Å². The smallest absolute Gasteiger partial charge is 0.313 e. The molecule has 3 atom stereocenters. The van der Waals surface area contributed by atoms with Crippen molar-refractivity contribution in [2.24, 2.45) is 5.92 Å². The van der Waals surface area contributed by atoms with Gasteiger partial charge in [-0.05, 0) is 12.8 Å². The standard InChI is InChI=1S/C9H16O3/c1-3-6(10)5-8-7(4-2)9(11)12-8/h6-8,10H,3-5H2,1-2H3. The summed E-state index contributed by atoms with van der Waals surface area (Å²) in [4.78, 5) is 10.8. The van der Waals surface area contributed by atoms with E-state index in [1.54, 1.807) is 0 Å². The van der Waals surface area contributed by atoms with Crippen molar-refractivity contribution in [1.29, 1.82) is 0 Å². The van der Waals surface area contributed by atoms with E-state index in [0.29, 0.717) is 6.42 Å². The monoisotopic (exact) mass is 172 g/mol. The van der Waals surface area contributed by atoms with Crippen LogP contribution in [-0.4, -0.2) is 23.3 Å². The molecule has 3 heteroatoms. The van der Waals surface area contributed by atoms with E-state index in [4.69, 9.17) is 4.74 Å². The van der Waals surface area contributed by atoms with E-state index in [2.05, 4.69) is 0 Å². The number of hydrogen-bond donors (Lipinski definition) is 1. The molecule has 0 bridgehead atoms. The zero-order valence-corrected chi connectivity index (χ0v) is 7.62. The molecular weight excluding hydrogens is 156 g/mol. The van der Waals surface area contributed by atoms with Gasteiger partial charge in [0.05, 0.1) is 12.0 Å². The Kier molecular flexibility index (Phi) is 3.09. The molecule has 12 heavy (non-hydrogen) atoms. The van der Waals surface area contributed by atoms with Crippen LogP contribution in [-0.2, 0) is 9.53 Å². The zero-order valence-electron chi connectivity index (χ0n) is 7.62. The van der Waals surface area contributed by atoms with Crippen LogP contribution in [0.5, 0.6) is 0 Å². The van der Waals surface area contributed by atoms with Gasteiger partial charge in [-0.1, -0.05) is 13.8 Å². The Balaban J connectivity index is 2.30. The summed E-state index contributed by atoms with van der Waals surface area (Å²) in [6.45, 7) is 3.89. The second-order valence-corrected chi connectivity index (χ2v) is 3.29. The number of hydrogen-bond acceptors (Lipinski definition) is 3. The van der Waals surface area contributed by atoms with Gasteiger partial charge in [0.25, 0.3) is 0 Å². The highest BCUT2D eigenvalue weighted by Crippen LogP contribution is 2.29. The lowest BCUT2D eigenvalue weighted by Crippen LogP contribution is -2.46. The molecule has 0 aliphatic carbocycles. The van der Waals surface area contributed by atoms with E-state index in [1.807, 2.05) is 13.8 Å². The van der Waals surface area contributed by atoms with Gasteiger partial charge in [-0.2, -0.15) is 0 Å². The fourth-order valence-corrected chi connectivity index (χ4v) is 1.47. The molecule has 0 saturated carbocycles. The van der Waals surface area contributed by atoms with Crippen LogP contribution < -0.4 is 0 Å². The molecule has 1 aliphatic heterocycles. The highest BCUT2D eigenvalue weighted by molar-refractivity contribution is 5.78. The Morgan fingerprint density at radius 2 is 2.25 bits per heavy atom. The van der Waals surface area contributed by atoms with Crippen LogP contribution >= 0.6 is 0 Å². The summed E-state index contributed by atoms with van der Waals surface area (Å²) < 4.78 is 4.92. The predicted molar refractivity (Wildman–Crippen MR) is 44.6 cm³/mol. The first kappa shape index (κ1) is 9.52. The van der Waals surface area contributed by atoms with Crippen molar-refractivity contribution in [3.8, 4) is 0 Å². The van der Waals surface area contributed by atoms with Crippen LogP contribution in [0.3, 0.4) is 0 Å². The lowest BCUT2D eigenvalue weighted by Gasteiger charge is -2.35. The molecule has 0 spiro atoms. The quantitative estimate of drug-likeness (QED) is 0.646. The van der Waals surface area contributed by atoms with Crippen LogP contribution in [0.1, 0.15) is 33.1 Å². The third kappa shape index (κ3) is 1.78. The van der Waals surface area contributed by atoms with Crippen molar-refractivity contribution < 1.29 is 14.6 Å². The first-order valence-corrected chi connectivity index (χ1v) is 4.57. The number of esters is 1. The average Bonchev–Trinajstić information content (AvgIpc) is 2.04. The van der Waals surface area contributed by atoms with E-state index in [0.717, 1.165) is 12.8 Å². The van der Waals surface area contributed by atoms with Crippen molar-refractivity contribution in [1.82, 2.24) is 0 Å². The van der Waals surface area contributed by atoms with E-state index in [9.17, 15) is 9.90 Å². The molecule has 0 aromatic heterocycles. The normalized spacial score (nSPS) is 30.8. The van der Waals surface area contributed by atoms with Crippen molar-refractivity contribution >= 4 is 5.97 Å². The van der Waals surface area contributed by atoms with Gasteiger partial charge in [0, 0.05) is 6.42 Å². The molecule has 1 saturated heterocycles. The molecular formula is C9H16O3. The van der Waals surface area contributed by atoms with Crippen LogP contribution in [0.15, 0.2) is 0 Å². The Morgan fingerprint density at radius 3 is 2.67 bits per heavy atom. The lowest BCUT2D eigenvalue weighted by molar-refractivity contribution is -0.188. The minimum Gasteiger partial charge on any atom is -0.461 e. The highest BCUT2D eigenvalue weighted by Gasteiger charge is 2.41. The molecule has 1 N–H and O–H groups in total. The molecule has 0 radical (unpaired) electrons. The summed E-state index contributed by atoms with van der Waals surface area (Å²) in [7, 11) is 0. The SMILES string of the molecule is CCC(O)CC1OC(=O)C1CC. The first-order valence-electron chi connectivity index (χ1n) is 4.57. The number of aliphatic hydroxyl groups is 1. The Hall–Kier alpha value is -0.570. The number of rotatable bonds is 4. The molecule has 3 unspecified atom stereocenters. The number of aliphatic hydroxyl groups excluding tert-OH is 1. The Labute approximate surface area is 72.7 Å². The van der Waals surface area contributed by atoms with E-state index in [1.165, 1.54) is 0 Å². The molecule has 1 rings (SSSR count). The third-order valence-corrected chi connectivity index (χ3v) is 2.43. The van der Waals surface area contributed by atoms with Gasteiger partial charge in [0.2, 0.25) is 0 Å². The molecule has 3 nitrogen and oxygen atoms in total. The van der Waals surface area contributed by atoms with Crippen molar-refractivity contribution in [3.05, 3.63) is 0 Å². The molecule has 1 fully saturated rings.